The van der Waals surface area contributed by atoms with Crippen molar-refractivity contribution in [3.05, 3.63) is 63.7 Å². The van der Waals surface area contributed by atoms with Gasteiger partial charge in [-0.2, -0.15) is 0 Å². The standard InChI is InChI=1S/C26H30ClNO6/c1-6-33-18-9-7-8-17(14-18)22-21(24(30)26(31)28(22)10-11-34-15(2)3)23(29)19-12-16(4)13-20(27)25(19)32-5/h7-9,12-15,22,29H,6,10-11H2,1-5H3/b23-21+. The number of Topliss-reactive ketones (excluding diaryl/α,β-unsaturated/α-hetero) is 1. The summed E-state index contributed by atoms with van der Waals surface area (Å²) in [4.78, 5) is 27.8. The average molecular weight is 488 g/mol. The molecule has 1 saturated heterocycles. The summed E-state index contributed by atoms with van der Waals surface area (Å²) in [5.74, 6) is -1.02. The fourth-order valence-corrected chi connectivity index (χ4v) is 4.39. The molecule has 8 heteroatoms. The van der Waals surface area contributed by atoms with Crippen molar-refractivity contribution in [3.8, 4) is 11.5 Å². The van der Waals surface area contributed by atoms with Crippen LogP contribution in [0.5, 0.6) is 11.5 Å². The molecule has 2 aromatic rings. The summed E-state index contributed by atoms with van der Waals surface area (Å²) in [7, 11) is 1.43. The molecule has 0 aliphatic carbocycles. The summed E-state index contributed by atoms with van der Waals surface area (Å²) < 4.78 is 16.7. The summed E-state index contributed by atoms with van der Waals surface area (Å²) >= 11 is 6.33. The first-order valence-electron chi connectivity index (χ1n) is 11.2. The van der Waals surface area contributed by atoms with E-state index in [4.69, 9.17) is 25.8 Å². The number of amides is 1. The molecular formula is C26H30ClNO6. The van der Waals surface area contributed by atoms with E-state index in [1.807, 2.05) is 27.7 Å². The molecule has 1 atom stereocenters. The van der Waals surface area contributed by atoms with Gasteiger partial charge in [0.15, 0.2) is 0 Å². The third kappa shape index (κ3) is 5.21. The zero-order valence-electron chi connectivity index (χ0n) is 20.1. The predicted octanol–water partition coefficient (Wildman–Crippen LogP) is 4.90. The molecule has 34 heavy (non-hydrogen) atoms. The van der Waals surface area contributed by atoms with Crippen LogP contribution in [0.1, 0.15) is 43.5 Å². The Balaban J connectivity index is 2.20. The number of ether oxygens (including phenoxy) is 3. The molecule has 1 fully saturated rings. The Morgan fingerprint density at radius 2 is 1.94 bits per heavy atom. The lowest BCUT2D eigenvalue weighted by molar-refractivity contribution is -0.140. The molecule has 1 unspecified atom stereocenters. The van der Waals surface area contributed by atoms with Crippen molar-refractivity contribution in [1.82, 2.24) is 4.90 Å². The first-order valence-corrected chi connectivity index (χ1v) is 11.5. The van der Waals surface area contributed by atoms with Gasteiger partial charge in [-0.1, -0.05) is 23.7 Å². The van der Waals surface area contributed by atoms with E-state index in [0.29, 0.717) is 22.9 Å². The molecule has 0 aromatic heterocycles. The molecule has 0 spiro atoms. The van der Waals surface area contributed by atoms with Crippen molar-refractivity contribution in [2.45, 2.75) is 39.8 Å². The van der Waals surface area contributed by atoms with Crippen molar-refractivity contribution >= 4 is 29.1 Å². The van der Waals surface area contributed by atoms with Crippen LogP contribution in [0.4, 0.5) is 0 Å². The van der Waals surface area contributed by atoms with Crippen LogP contribution in [0.2, 0.25) is 5.02 Å². The smallest absolute Gasteiger partial charge is 0.295 e. The Hall–Kier alpha value is -3.03. The maximum absolute atomic E-state index is 13.2. The highest BCUT2D eigenvalue weighted by Gasteiger charge is 2.46. The first kappa shape index (κ1) is 25.6. The Kier molecular flexibility index (Phi) is 8.23. The van der Waals surface area contributed by atoms with Crippen molar-refractivity contribution in [2.24, 2.45) is 0 Å². The van der Waals surface area contributed by atoms with E-state index in [9.17, 15) is 14.7 Å². The first-order chi connectivity index (χ1) is 16.2. The van der Waals surface area contributed by atoms with Gasteiger partial charge >= 0.3 is 0 Å². The molecule has 7 nitrogen and oxygen atoms in total. The molecule has 0 bridgehead atoms. The van der Waals surface area contributed by atoms with Crippen LogP contribution in [-0.4, -0.2) is 54.7 Å². The number of aliphatic hydroxyl groups is 1. The Labute approximate surface area is 204 Å². The number of hydrogen-bond donors (Lipinski definition) is 1. The number of halogens is 1. The second-order valence-electron chi connectivity index (χ2n) is 8.25. The number of carbonyl (C=O) groups excluding carboxylic acids is 2. The number of aliphatic hydroxyl groups excluding tert-OH is 1. The third-order valence-corrected chi connectivity index (χ3v) is 5.74. The molecule has 3 rings (SSSR count). The van der Waals surface area contributed by atoms with Gasteiger partial charge in [0, 0.05) is 6.54 Å². The van der Waals surface area contributed by atoms with E-state index >= 15 is 0 Å². The second kappa shape index (κ2) is 10.9. The summed E-state index contributed by atoms with van der Waals surface area (Å²) in [5.41, 5.74) is 1.61. The zero-order valence-corrected chi connectivity index (χ0v) is 20.8. The molecule has 1 heterocycles. The molecule has 0 radical (unpaired) electrons. The quantitative estimate of drug-likeness (QED) is 0.307. The highest BCUT2D eigenvalue weighted by atomic mass is 35.5. The maximum Gasteiger partial charge on any atom is 0.295 e. The summed E-state index contributed by atoms with van der Waals surface area (Å²) in [6, 6.07) is 9.68. The van der Waals surface area contributed by atoms with Crippen molar-refractivity contribution in [2.75, 3.05) is 26.9 Å². The Morgan fingerprint density at radius 1 is 1.21 bits per heavy atom. The van der Waals surface area contributed by atoms with E-state index in [1.54, 1.807) is 36.4 Å². The van der Waals surface area contributed by atoms with Crippen LogP contribution in [-0.2, 0) is 14.3 Å². The average Bonchev–Trinajstić information content (AvgIpc) is 3.03. The van der Waals surface area contributed by atoms with Gasteiger partial charge in [0.2, 0.25) is 0 Å². The van der Waals surface area contributed by atoms with Gasteiger partial charge in [0.25, 0.3) is 11.7 Å². The lowest BCUT2D eigenvalue weighted by atomic mass is 9.94. The Morgan fingerprint density at radius 3 is 2.59 bits per heavy atom. The van der Waals surface area contributed by atoms with Crippen LogP contribution in [0.3, 0.4) is 0 Å². The molecule has 2 aromatic carbocycles. The number of hydrogen-bond acceptors (Lipinski definition) is 6. The van der Waals surface area contributed by atoms with Crippen LogP contribution >= 0.6 is 11.6 Å². The summed E-state index contributed by atoms with van der Waals surface area (Å²) in [6.45, 7) is 8.35. The van der Waals surface area contributed by atoms with Crippen LogP contribution < -0.4 is 9.47 Å². The van der Waals surface area contributed by atoms with Gasteiger partial charge < -0.3 is 24.2 Å². The number of ketones is 1. The van der Waals surface area contributed by atoms with Gasteiger partial charge in [-0.3, -0.25) is 9.59 Å². The van der Waals surface area contributed by atoms with Gasteiger partial charge in [-0.25, -0.2) is 0 Å². The molecular weight excluding hydrogens is 458 g/mol. The van der Waals surface area contributed by atoms with E-state index in [-0.39, 0.29) is 41.9 Å². The van der Waals surface area contributed by atoms with Gasteiger partial charge in [-0.15, -0.1) is 0 Å². The predicted molar refractivity (Wildman–Crippen MR) is 130 cm³/mol. The number of methoxy groups -OCH3 is 1. The van der Waals surface area contributed by atoms with E-state index in [0.717, 1.165) is 5.56 Å². The number of rotatable bonds is 9. The number of aryl methyl sites for hydroxylation is 1. The maximum atomic E-state index is 13.2. The van der Waals surface area contributed by atoms with E-state index < -0.39 is 17.7 Å². The van der Waals surface area contributed by atoms with Crippen LogP contribution in [0.25, 0.3) is 5.76 Å². The zero-order chi connectivity index (χ0) is 25.0. The minimum Gasteiger partial charge on any atom is -0.507 e. The topological polar surface area (TPSA) is 85.3 Å². The van der Waals surface area contributed by atoms with E-state index in [2.05, 4.69) is 0 Å². The molecule has 1 amide bonds. The molecule has 1 N–H and O–H groups in total. The van der Waals surface area contributed by atoms with Crippen molar-refractivity contribution in [1.29, 1.82) is 0 Å². The lowest BCUT2D eigenvalue weighted by Gasteiger charge is -2.26. The second-order valence-corrected chi connectivity index (χ2v) is 8.65. The van der Waals surface area contributed by atoms with Gasteiger partial charge in [-0.05, 0) is 63.1 Å². The fraction of sp³-hybridized carbons (Fsp3) is 0.385. The van der Waals surface area contributed by atoms with Crippen LogP contribution in [0, 0.1) is 6.92 Å². The molecule has 1 aliphatic rings. The van der Waals surface area contributed by atoms with Gasteiger partial charge in [0.05, 0.1) is 48.6 Å². The van der Waals surface area contributed by atoms with Crippen LogP contribution in [0.15, 0.2) is 42.0 Å². The normalized spacial score (nSPS) is 17.5. The molecule has 0 saturated carbocycles. The number of likely N-dealkylation sites (tertiary alicyclic amines) is 1. The fourth-order valence-electron chi connectivity index (χ4n) is 4.04. The SMILES string of the molecule is CCOc1cccc(C2/C(=C(\O)c3cc(C)cc(Cl)c3OC)C(=O)C(=O)N2CCOC(C)C)c1. The summed E-state index contributed by atoms with van der Waals surface area (Å²) in [6.07, 6.45) is -0.0322. The lowest BCUT2D eigenvalue weighted by Crippen LogP contribution is -2.33. The Bertz CT molecular complexity index is 1110. The highest BCUT2D eigenvalue weighted by molar-refractivity contribution is 6.46. The number of carbonyl (C=O) groups is 2. The molecule has 1 aliphatic heterocycles. The monoisotopic (exact) mass is 487 g/mol. The van der Waals surface area contributed by atoms with Gasteiger partial charge in [0.1, 0.15) is 17.3 Å². The van der Waals surface area contributed by atoms with E-state index in [1.165, 1.54) is 12.0 Å². The minimum absolute atomic E-state index is 0.0322. The summed E-state index contributed by atoms with van der Waals surface area (Å²) in [5, 5.41) is 11.7. The number of benzene rings is 2. The molecule has 182 valence electrons. The largest absolute Gasteiger partial charge is 0.507 e. The van der Waals surface area contributed by atoms with Crippen molar-refractivity contribution in [3.63, 3.8) is 0 Å². The number of nitrogens with zero attached hydrogens (tertiary/aromatic N) is 1. The highest BCUT2D eigenvalue weighted by Crippen LogP contribution is 2.43. The third-order valence-electron chi connectivity index (χ3n) is 5.46. The minimum atomic E-state index is -0.833. The van der Waals surface area contributed by atoms with Crippen molar-refractivity contribution < 1.29 is 28.9 Å².